The first-order valence-corrected chi connectivity index (χ1v) is 6.33. The molecule has 6 nitrogen and oxygen atoms in total. The number of nitrogens with one attached hydrogen (secondary N) is 1. The third kappa shape index (κ3) is 2.35. The van der Waals surface area contributed by atoms with Gasteiger partial charge in [0.15, 0.2) is 0 Å². The van der Waals surface area contributed by atoms with Gasteiger partial charge in [0.25, 0.3) is 5.91 Å². The van der Waals surface area contributed by atoms with Gasteiger partial charge in [-0.2, -0.15) is 0 Å². The van der Waals surface area contributed by atoms with Crippen molar-refractivity contribution in [3.8, 4) is 0 Å². The van der Waals surface area contributed by atoms with Crippen molar-refractivity contribution in [2.24, 2.45) is 0 Å². The summed E-state index contributed by atoms with van der Waals surface area (Å²) in [5.74, 6) is 0.725. The van der Waals surface area contributed by atoms with Gasteiger partial charge in [0.2, 0.25) is 5.78 Å². The number of carbonyl (C=O) groups is 1. The van der Waals surface area contributed by atoms with Crippen LogP contribution in [-0.2, 0) is 6.42 Å². The summed E-state index contributed by atoms with van der Waals surface area (Å²) in [7, 11) is 0. The lowest BCUT2D eigenvalue weighted by Gasteiger charge is -2.03. The van der Waals surface area contributed by atoms with Crippen LogP contribution in [0.5, 0.6) is 0 Å². The SMILES string of the molecule is CCc1cccc(NC(=O)c2cn3cccnc3n2)n1. The molecule has 0 saturated carbocycles. The number of amides is 1. The van der Waals surface area contributed by atoms with Crippen molar-refractivity contribution in [1.82, 2.24) is 19.4 Å². The van der Waals surface area contributed by atoms with Gasteiger partial charge >= 0.3 is 0 Å². The number of nitrogens with zero attached hydrogens (tertiary/aromatic N) is 4. The lowest BCUT2D eigenvalue weighted by atomic mass is 10.3. The van der Waals surface area contributed by atoms with E-state index in [0.29, 0.717) is 17.3 Å². The molecule has 0 saturated heterocycles. The maximum absolute atomic E-state index is 12.1. The Morgan fingerprint density at radius 3 is 3.00 bits per heavy atom. The van der Waals surface area contributed by atoms with E-state index in [9.17, 15) is 4.79 Å². The molecule has 0 aliphatic carbocycles. The molecule has 3 aromatic rings. The molecule has 20 heavy (non-hydrogen) atoms. The maximum Gasteiger partial charge on any atom is 0.277 e. The van der Waals surface area contributed by atoms with Crippen LogP contribution in [0.4, 0.5) is 5.82 Å². The third-order valence-corrected chi connectivity index (χ3v) is 2.88. The van der Waals surface area contributed by atoms with E-state index >= 15 is 0 Å². The zero-order valence-corrected chi connectivity index (χ0v) is 10.9. The van der Waals surface area contributed by atoms with Gasteiger partial charge in [0, 0.05) is 24.3 Å². The molecule has 3 rings (SSSR count). The zero-order valence-electron chi connectivity index (χ0n) is 10.9. The van der Waals surface area contributed by atoms with Crippen molar-refractivity contribution in [2.75, 3.05) is 5.32 Å². The summed E-state index contributed by atoms with van der Waals surface area (Å²) in [4.78, 5) is 24.7. The molecule has 6 heteroatoms. The quantitative estimate of drug-likeness (QED) is 0.787. The molecular weight excluding hydrogens is 254 g/mol. The minimum atomic E-state index is -0.295. The van der Waals surface area contributed by atoms with E-state index in [2.05, 4.69) is 20.3 Å². The average Bonchev–Trinajstić information content (AvgIpc) is 2.91. The number of aryl methyl sites for hydroxylation is 1. The van der Waals surface area contributed by atoms with E-state index in [1.807, 2.05) is 19.1 Å². The number of hydrogen-bond donors (Lipinski definition) is 1. The van der Waals surface area contributed by atoms with Crippen molar-refractivity contribution in [3.05, 3.63) is 54.2 Å². The molecule has 0 aliphatic heterocycles. The molecule has 0 bridgehead atoms. The molecule has 0 spiro atoms. The lowest BCUT2D eigenvalue weighted by molar-refractivity contribution is 0.102. The Hall–Kier alpha value is -2.76. The van der Waals surface area contributed by atoms with Gasteiger partial charge in [-0.3, -0.25) is 9.20 Å². The van der Waals surface area contributed by atoms with Gasteiger partial charge in [-0.1, -0.05) is 13.0 Å². The number of fused-ring (bicyclic) bond motifs is 1. The number of hydrogen-bond acceptors (Lipinski definition) is 4. The molecule has 0 fully saturated rings. The van der Waals surface area contributed by atoms with Gasteiger partial charge in [0.05, 0.1) is 0 Å². The molecule has 100 valence electrons. The highest BCUT2D eigenvalue weighted by molar-refractivity contribution is 6.02. The second-order valence-electron chi connectivity index (χ2n) is 4.27. The Morgan fingerprint density at radius 1 is 1.30 bits per heavy atom. The number of carbonyl (C=O) groups excluding carboxylic acids is 1. The Balaban J connectivity index is 1.85. The van der Waals surface area contributed by atoms with Gasteiger partial charge in [-0.15, -0.1) is 0 Å². The first-order chi connectivity index (χ1) is 9.76. The summed E-state index contributed by atoms with van der Waals surface area (Å²) in [6.07, 6.45) is 5.89. The van der Waals surface area contributed by atoms with E-state index in [1.165, 1.54) is 0 Å². The molecule has 0 aliphatic rings. The summed E-state index contributed by atoms with van der Waals surface area (Å²) in [6.45, 7) is 2.02. The largest absolute Gasteiger partial charge is 0.305 e. The normalized spacial score (nSPS) is 10.7. The predicted octanol–water partition coefficient (Wildman–Crippen LogP) is 1.94. The van der Waals surface area contributed by atoms with Crippen LogP contribution in [0.2, 0.25) is 0 Å². The Bertz CT molecular complexity index is 732. The molecule has 1 amide bonds. The van der Waals surface area contributed by atoms with Crippen molar-refractivity contribution < 1.29 is 4.79 Å². The van der Waals surface area contributed by atoms with Crippen LogP contribution in [0.3, 0.4) is 0 Å². The number of aromatic nitrogens is 4. The molecule has 3 heterocycles. The van der Waals surface area contributed by atoms with Crippen LogP contribution in [0, 0.1) is 0 Å². The van der Waals surface area contributed by atoms with Crippen LogP contribution >= 0.6 is 0 Å². The number of rotatable bonds is 3. The molecule has 0 aromatic carbocycles. The van der Waals surface area contributed by atoms with Crippen molar-refractivity contribution in [2.45, 2.75) is 13.3 Å². The monoisotopic (exact) mass is 267 g/mol. The lowest BCUT2D eigenvalue weighted by Crippen LogP contribution is -2.13. The second-order valence-corrected chi connectivity index (χ2v) is 4.27. The average molecular weight is 267 g/mol. The van der Waals surface area contributed by atoms with Crippen LogP contribution < -0.4 is 5.32 Å². The van der Waals surface area contributed by atoms with E-state index in [-0.39, 0.29) is 5.91 Å². The van der Waals surface area contributed by atoms with Crippen LogP contribution in [-0.4, -0.2) is 25.3 Å². The van der Waals surface area contributed by atoms with E-state index in [0.717, 1.165) is 12.1 Å². The molecule has 1 N–H and O–H groups in total. The predicted molar refractivity (Wildman–Crippen MR) is 74.6 cm³/mol. The molecule has 3 aromatic heterocycles. The van der Waals surface area contributed by atoms with E-state index in [4.69, 9.17) is 0 Å². The molecule has 0 radical (unpaired) electrons. The fourth-order valence-corrected chi connectivity index (χ4v) is 1.87. The van der Waals surface area contributed by atoms with Gasteiger partial charge < -0.3 is 5.32 Å². The van der Waals surface area contributed by atoms with Crippen LogP contribution in [0.1, 0.15) is 23.1 Å². The molecule has 0 unspecified atom stereocenters. The summed E-state index contributed by atoms with van der Waals surface area (Å²) in [6, 6.07) is 7.32. The minimum Gasteiger partial charge on any atom is -0.305 e. The highest BCUT2D eigenvalue weighted by atomic mass is 16.2. The maximum atomic E-state index is 12.1. The summed E-state index contributed by atoms with van der Waals surface area (Å²) in [5, 5.41) is 2.74. The van der Waals surface area contributed by atoms with Gasteiger partial charge in [-0.05, 0) is 24.6 Å². The highest BCUT2D eigenvalue weighted by Crippen LogP contribution is 2.08. The van der Waals surface area contributed by atoms with Crippen molar-refractivity contribution in [3.63, 3.8) is 0 Å². The van der Waals surface area contributed by atoms with Crippen molar-refractivity contribution >= 4 is 17.5 Å². The highest BCUT2D eigenvalue weighted by Gasteiger charge is 2.12. The summed E-state index contributed by atoms with van der Waals surface area (Å²) in [5.41, 5.74) is 1.24. The fraction of sp³-hybridized carbons (Fsp3) is 0.143. The first-order valence-electron chi connectivity index (χ1n) is 6.33. The number of pyridine rings is 1. The Kier molecular flexibility index (Phi) is 3.12. The zero-order chi connectivity index (χ0) is 13.9. The van der Waals surface area contributed by atoms with E-state index < -0.39 is 0 Å². The fourth-order valence-electron chi connectivity index (χ4n) is 1.87. The standard InChI is InChI=1S/C14H13N5O/c1-2-10-5-3-6-12(16-10)18-13(20)11-9-19-8-4-7-15-14(19)17-11/h3-9H,2H2,1H3,(H,16,18,20). The molecular formula is C14H13N5O. The van der Waals surface area contributed by atoms with Gasteiger partial charge in [0.1, 0.15) is 11.5 Å². The number of imidazole rings is 1. The topological polar surface area (TPSA) is 72.2 Å². The second kappa shape index (κ2) is 5.08. The van der Waals surface area contributed by atoms with Crippen LogP contribution in [0.25, 0.3) is 5.78 Å². The summed E-state index contributed by atoms with van der Waals surface area (Å²) < 4.78 is 1.70. The van der Waals surface area contributed by atoms with Gasteiger partial charge in [-0.25, -0.2) is 15.0 Å². The van der Waals surface area contributed by atoms with Crippen molar-refractivity contribution in [1.29, 1.82) is 0 Å². The smallest absolute Gasteiger partial charge is 0.277 e. The first kappa shape index (κ1) is 12.3. The Labute approximate surface area is 115 Å². The third-order valence-electron chi connectivity index (χ3n) is 2.88. The Morgan fingerprint density at radius 2 is 2.20 bits per heavy atom. The number of anilines is 1. The summed E-state index contributed by atoms with van der Waals surface area (Å²) >= 11 is 0. The minimum absolute atomic E-state index is 0.295. The molecule has 0 atom stereocenters. The van der Waals surface area contributed by atoms with E-state index in [1.54, 1.807) is 35.1 Å². The van der Waals surface area contributed by atoms with Crippen LogP contribution in [0.15, 0.2) is 42.9 Å².